The number of nitrogens with one attached hydrogen (secondary N) is 3. The maximum atomic E-state index is 12.2. The number of benzene rings is 2. The molecule has 1 atom stereocenters. The molecule has 0 fully saturated rings. The lowest BCUT2D eigenvalue weighted by molar-refractivity contribution is -0.145. The van der Waals surface area contributed by atoms with Crippen molar-refractivity contribution in [1.82, 2.24) is 16.0 Å². The van der Waals surface area contributed by atoms with Crippen molar-refractivity contribution in [3.8, 4) is 0 Å². The molecule has 8 nitrogen and oxygen atoms in total. The van der Waals surface area contributed by atoms with Crippen molar-refractivity contribution in [2.75, 3.05) is 20.2 Å². The Bertz CT molecular complexity index is 919. The number of hydrogen-bond donors (Lipinski definition) is 3. The van der Waals surface area contributed by atoms with Gasteiger partial charge in [-0.25, -0.2) is 4.79 Å². The molecule has 32 heavy (non-hydrogen) atoms. The van der Waals surface area contributed by atoms with E-state index in [1.165, 1.54) is 7.11 Å². The van der Waals surface area contributed by atoms with Crippen molar-refractivity contribution in [2.24, 2.45) is 0 Å². The minimum atomic E-state index is -0.811. The molecular weight excluding hydrogens is 434 g/mol. The monoisotopic (exact) mass is 459 g/mol. The highest BCUT2D eigenvalue weighted by Crippen LogP contribution is 2.09. The summed E-state index contributed by atoms with van der Waals surface area (Å²) in [6, 6.07) is 14.9. The second-order valence-corrected chi connectivity index (χ2v) is 7.38. The summed E-state index contributed by atoms with van der Waals surface area (Å²) in [5.74, 6) is -1.53. The summed E-state index contributed by atoms with van der Waals surface area (Å²) in [6.07, 6.45) is 0.379. The number of carbonyl (C=O) groups is 4. The van der Waals surface area contributed by atoms with Crippen LogP contribution in [0.1, 0.15) is 28.8 Å². The van der Waals surface area contributed by atoms with E-state index in [9.17, 15) is 19.2 Å². The second kappa shape index (κ2) is 13.1. The Morgan fingerprint density at radius 1 is 0.875 bits per heavy atom. The highest BCUT2D eigenvalue weighted by molar-refractivity contribution is 6.30. The van der Waals surface area contributed by atoms with Crippen LogP contribution in [0.5, 0.6) is 0 Å². The number of rotatable bonds is 11. The molecule has 0 bridgehead atoms. The molecule has 0 saturated heterocycles. The molecule has 3 N–H and O–H groups in total. The zero-order chi connectivity index (χ0) is 23.3. The van der Waals surface area contributed by atoms with Gasteiger partial charge in [-0.2, -0.15) is 0 Å². The van der Waals surface area contributed by atoms with Gasteiger partial charge in [0, 0.05) is 42.9 Å². The van der Waals surface area contributed by atoms with Crippen molar-refractivity contribution in [2.45, 2.75) is 25.3 Å². The third kappa shape index (κ3) is 8.77. The van der Waals surface area contributed by atoms with E-state index >= 15 is 0 Å². The first-order valence-corrected chi connectivity index (χ1v) is 10.5. The van der Waals surface area contributed by atoms with Gasteiger partial charge in [-0.15, -0.1) is 0 Å². The van der Waals surface area contributed by atoms with E-state index in [2.05, 4.69) is 16.0 Å². The lowest BCUT2D eigenvalue weighted by atomic mass is 10.1. The van der Waals surface area contributed by atoms with Crippen LogP contribution in [0.25, 0.3) is 0 Å². The molecule has 0 aliphatic carbocycles. The fourth-order valence-electron chi connectivity index (χ4n) is 2.85. The summed E-state index contributed by atoms with van der Waals surface area (Å²) in [4.78, 5) is 48.1. The predicted molar refractivity (Wildman–Crippen MR) is 120 cm³/mol. The van der Waals surface area contributed by atoms with Crippen molar-refractivity contribution in [3.05, 3.63) is 70.7 Å². The molecular formula is C23H26ClN3O5. The fourth-order valence-corrected chi connectivity index (χ4v) is 2.97. The highest BCUT2D eigenvalue weighted by Gasteiger charge is 2.21. The zero-order valence-electron chi connectivity index (χ0n) is 17.7. The number of methoxy groups -OCH3 is 1. The van der Waals surface area contributed by atoms with Crippen molar-refractivity contribution in [3.63, 3.8) is 0 Å². The molecule has 0 aliphatic rings. The Morgan fingerprint density at radius 2 is 1.50 bits per heavy atom. The molecule has 2 aromatic rings. The first-order valence-electron chi connectivity index (χ1n) is 10.1. The summed E-state index contributed by atoms with van der Waals surface area (Å²) in [5, 5.41) is 8.43. The lowest BCUT2D eigenvalue weighted by Crippen LogP contribution is -2.44. The van der Waals surface area contributed by atoms with Crippen molar-refractivity contribution < 1.29 is 23.9 Å². The van der Waals surface area contributed by atoms with Crippen LogP contribution in [0.15, 0.2) is 54.6 Å². The van der Waals surface area contributed by atoms with E-state index in [1.807, 2.05) is 30.3 Å². The number of ether oxygens (including phenoxy) is 1. The summed E-state index contributed by atoms with van der Waals surface area (Å²) in [7, 11) is 1.26. The van der Waals surface area contributed by atoms with Crippen LogP contribution in [0.2, 0.25) is 5.02 Å². The maximum absolute atomic E-state index is 12.2. The lowest BCUT2D eigenvalue weighted by Gasteiger charge is -2.16. The summed E-state index contributed by atoms with van der Waals surface area (Å²) >= 11 is 5.78. The van der Waals surface area contributed by atoms with E-state index in [4.69, 9.17) is 16.3 Å². The van der Waals surface area contributed by atoms with Gasteiger partial charge in [-0.1, -0.05) is 41.9 Å². The number of halogens is 1. The molecule has 0 unspecified atom stereocenters. The van der Waals surface area contributed by atoms with Gasteiger partial charge in [0.05, 0.1) is 7.11 Å². The number of hydrogen-bond acceptors (Lipinski definition) is 5. The smallest absolute Gasteiger partial charge is 0.328 e. The Kier molecular flexibility index (Phi) is 10.2. The van der Waals surface area contributed by atoms with Gasteiger partial charge in [0.25, 0.3) is 5.91 Å². The van der Waals surface area contributed by atoms with E-state index in [-0.39, 0.29) is 43.7 Å². The second-order valence-electron chi connectivity index (χ2n) is 6.95. The standard InChI is InChI=1S/C23H26ClN3O5/c1-32-23(31)19(15-16-5-3-2-4-6-16)27-21(29)12-13-25-20(28)11-14-26-22(30)17-7-9-18(24)10-8-17/h2-10,19H,11-15H2,1H3,(H,25,28)(H,26,30)(H,27,29)/t19-/m0/s1. The Morgan fingerprint density at radius 3 is 2.16 bits per heavy atom. The molecule has 0 aliphatic heterocycles. The number of esters is 1. The van der Waals surface area contributed by atoms with Crippen LogP contribution < -0.4 is 16.0 Å². The minimum absolute atomic E-state index is 0.00512. The minimum Gasteiger partial charge on any atom is -0.467 e. The predicted octanol–water partition coefficient (Wildman–Crippen LogP) is 1.87. The quantitative estimate of drug-likeness (QED) is 0.444. The Balaban J connectivity index is 1.68. The van der Waals surface area contributed by atoms with Crippen molar-refractivity contribution >= 4 is 35.3 Å². The molecule has 0 saturated carbocycles. The SMILES string of the molecule is COC(=O)[C@H](Cc1ccccc1)NC(=O)CCNC(=O)CCNC(=O)c1ccc(Cl)cc1. The summed E-state index contributed by atoms with van der Waals surface area (Å²) in [6.45, 7) is 0.260. The maximum Gasteiger partial charge on any atom is 0.328 e. The van der Waals surface area contributed by atoms with Gasteiger partial charge in [0.2, 0.25) is 11.8 Å². The Hall–Kier alpha value is -3.39. The highest BCUT2D eigenvalue weighted by atomic mass is 35.5. The van der Waals surface area contributed by atoms with Gasteiger partial charge in [-0.3, -0.25) is 14.4 Å². The van der Waals surface area contributed by atoms with Crippen LogP contribution in [-0.2, 0) is 25.5 Å². The first-order chi connectivity index (χ1) is 15.4. The molecule has 0 radical (unpaired) electrons. The van der Waals surface area contributed by atoms with Gasteiger partial charge in [-0.05, 0) is 29.8 Å². The van der Waals surface area contributed by atoms with E-state index < -0.39 is 12.0 Å². The van der Waals surface area contributed by atoms with Crippen LogP contribution in [0, 0.1) is 0 Å². The van der Waals surface area contributed by atoms with Gasteiger partial charge in [0.15, 0.2) is 0 Å². The van der Waals surface area contributed by atoms with Crippen LogP contribution in [-0.4, -0.2) is 49.9 Å². The number of amides is 3. The average molecular weight is 460 g/mol. The van der Waals surface area contributed by atoms with Crippen LogP contribution >= 0.6 is 11.6 Å². The largest absolute Gasteiger partial charge is 0.467 e. The molecule has 0 spiro atoms. The molecule has 0 aromatic heterocycles. The van der Waals surface area contributed by atoms with Crippen LogP contribution in [0.4, 0.5) is 0 Å². The topological polar surface area (TPSA) is 114 Å². The zero-order valence-corrected chi connectivity index (χ0v) is 18.5. The number of carbonyl (C=O) groups excluding carboxylic acids is 4. The third-order valence-corrected chi connectivity index (χ3v) is 4.77. The van der Waals surface area contributed by atoms with E-state index in [1.54, 1.807) is 24.3 Å². The van der Waals surface area contributed by atoms with Gasteiger partial charge >= 0.3 is 5.97 Å². The summed E-state index contributed by atoms with van der Waals surface area (Å²) in [5.41, 5.74) is 1.33. The van der Waals surface area contributed by atoms with Crippen molar-refractivity contribution in [1.29, 1.82) is 0 Å². The molecule has 3 amide bonds. The molecule has 0 heterocycles. The molecule has 2 rings (SSSR count). The average Bonchev–Trinajstić information content (AvgIpc) is 2.79. The van der Waals surface area contributed by atoms with Gasteiger partial charge in [0.1, 0.15) is 6.04 Å². The molecule has 170 valence electrons. The van der Waals surface area contributed by atoms with E-state index in [0.29, 0.717) is 17.0 Å². The first kappa shape index (κ1) is 24.9. The summed E-state index contributed by atoms with van der Waals surface area (Å²) < 4.78 is 4.77. The molecule has 9 heteroatoms. The normalized spacial score (nSPS) is 11.2. The fraction of sp³-hybridized carbons (Fsp3) is 0.304. The molecule has 2 aromatic carbocycles. The third-order valence-electron chi connectivity index (χ3n) is 4.52. The Labute approximate surface area is 191 Å². The van der Waals surface area contributed by atoms with Gasteiger partial charge < -0.3 is 20.7 Å². The van der Waals surface area contributed by atoms with Crippen LogP contribution in [0.3, 0.4) is 0 Å². The van der Waals surface area contributed by atoms with E-state index in [0.717, 1.165) is 5.56 Å².